The SMILES string of the molecule is C=C\C(Br)=C(C=C)/C=C(/C=C/c1cc(OC)c(/C=C/c2cc(OC)c(Br)cc2OC)cc1C)COC.CC.CCCCC(CC)CC. The number of rotatable bonds is 17. The number of methoxy groups -OCH3 is 4. The van der Waals surface area contributed by atoms with E-state index in [4.69, 9.17) is 18.9 Å². The van der Waals surface area contributed by atoms with Crippen molar-refractivity contribution in [1.29, 1.82) is 0 Å². The van der Waals surface area contributed by atoms with Crippen LogP contribution < -0.4 is 14.2 Å². The quantitative estimate of drug-likeness (QED) is 0.118. The summed E-state index contributed by atoms with van der Waals surface area (Å²) in [5.74, 6) is 3.24. The topological polar surface area (TPSA) is 36.9 Å². The Kier molecular flexibility index (Phi) is 24.6. The molecule has 0 bridgehead atoms. The van der Waals surface area contributed by atoms with E-state index in [9.17, 15) is 0 Å². The van der Waals surface area contributed by atoms with E-state index in [1.165, 1.54) is 32.1 Å². The smallest absolute Gasteiger partial charge is 0.133 e. The molecule has 0 heterocycles. The van der Waals surface area contributed by atoms with Crippen LogP contribution in [-0.4, -0.2) is 35.0 Å². The summed E-state index contributed by atoms with van der Waals surface area (Å²) in [6.45, 7) is 21.1. The second-order valence-corrected chi connectivity index (χ2v) is 12.2. The molecule has 6 heteroatoms. The molecule has 0 amide bonds. The van der Waals surface area contributed by atoms with Crippen LogP contribution in [-0.2, 0) is 4.74 Å². The minimum atomic E-state index is 0.459. The Labute approximate surface area is 303 Å². The van der Waals surface area contributed by atoms with E-state index in [0.29, 0.717) is 6.61 Å². The Hall–Kier alpha value is -2.80. The summed E-state index contributed by atoms with van der Waals surface area (Å²) in [7, 11) is 6.63. The molecule has 0 aliphatic rings. The van der Waals surface area contributed by atoms with Crippen molar-refractivity contribution in [1.82, 2.24) is 0 Å². The molecule has 0 spiro atoms. The van der Waals surface area contributed by atoms with Gasteiger partial charge in [0.1, 0.15) is 17.2 Å². The number of benzene rings is 2. The number of hydrogen-bond acceptors (Lipinski definition) is 4. The molecule has 2 aromatic rings. The number of aryl methyl sites for hydroxylation is 1. The summed E-state index contributed by atoms with van der Waals surface area (Å²) in [5.41, 5.74) is 5.92. The zero-order valence-corrected chi connectivity index (χ0v) is 33.6. The van der Waals surface area contributed by atoms with Crippen molar-refractivity contribution in [2.45, 2.75) is 73.6 Å². The van der Waals surface area contributed by atoms with E-state index in [2.05, 4.69) is 84.9 Å². The van der Waals surface area contributed by atoms with Gasteiger partial charge in [-0.25, -0.2) is 0 Å². The third kappa shape index (κ3) is 15.8. The maximum atomic E-state index is 5.71. The van der Waals surface area contributed by atoms with Gasteiger partial charge in [0, 0.05) is 22.7 Å². The van der Waals surface area contributed by atoms with E-state index >= 15 is 0 Å². The second-order valence-electron chi connectivity index (χ2n) is 10.5. The van der Waals surface area contributed by atoms with Crippen molar-refractivity contribution in [3.05, 3.63) is 104 Å². The lowest BCUT2D eigenvalue weighted by molar-refractivity contribution is 0.228. The molecule has 0 saturated carbocycles. The standard InChI is InChI=1S/C30H32Br2O4.C9H20.C2H6/c1-8-22(26(31)9-2)15-21(19-33-4)10-11-23-16-28(34-5)24(14-20(23)3)12-13-25-17-30(36-7)27(32)18-29(25)35-6;1-4-7-8-9(5-2)6-3;1-2/h8-18H,1-2,19H2,3-7H3;9H,4-8H2,1-3H3;1-2H3/b11-10+,13-12+,21-15-,26-22+;;. The molecule has 4 nitrogen and oxygen atoms in total. The normalized spacial score (nSPS) is 11.8. The Morgan fingerprint density at radius 2 is 1.34 bits per heavy atom. The Morgan fingerprint density at radius 3 is 1.83 bits per heavy atom. The number of ether oxygens (including phenoxy) is 4. The van der Waals surface area contributed by atoms with Gasteiger partial charge in [0.15, 0.2) is 0 Å². The number of halogens is 2. The largest absolute Gasteiger partial charge is 0.496 e. The van der Waals surface area contributed by atoms with Gasteiger partial charge in [-0.1, -0.05) is 132 Å². The summed E-state index contributed by atoms with van der Waals surface area (Å²) in [4.78, 5) is 0. The minimum absolute atomic E-state index is 0.459. The first-order chi connectivity index (χ1) is 22.7. The first-order valence-corrected chi connectivity index (χ1v) is 18.0. The van der Waals surface area contributed by atoms with Crippen LogP contribution in [0.1, 0.15) is 89.0 Å². The van der Waals surface area contributed by atoms with Crippen LogP contribution in [0.15, 0.2) is 81.8 Å². The predicted octanol–water partition coefficient (Wildman–Crippen LogP) is 13.2. The first kappa shape index (κ1) is 44.2. The van der Waals surface area contributed by atoms with Crippen molar-refractivity contribution >= 4 is 50.1 Å². The molecule has 0 saturated heterocycles. The monoisotopic (exact) mass is 772 g/mol. The van der Waals surface area contributed by atoms with Gasteiger partial charge < -0.3 is 18.9 Å². The van der Waals surface area contributed by atoms with E-state index in [1.54, 1.807) is 40.6 Å². The highest BCUT2D eigenvalue weighted by molar-refractivity contribution is 9.12. The molecule has 260 valence electrons. The van der Waals surface area contributed by atoms with Gasteiger partial charge in [0.05, 0.1) is 32.4 Å². The fourth-order valence-corrected chi connectivity index (χ4v) is 5.40. The lowest BCUT2D eigenvalue weighted by Crippen LogP contribution is -1.95. The Balaban J connectivity index is 0.00000165. The summed E-state index contributed by atoms with van der Waals surface area (Å²) >= 11 is 7.01. The van der Waals surface area contributed by atoms with E-state index in [0.717, 1.165) is 65.5 Å². The van der Waals surface area contributed by atoms with E-state index in [-0.39, 0.29) is 0 Å². The molecule has 0 aliphatic carbocycles. The third-order valence-electron chi connectivity index (χ3n) is 7.49. The van der Waals surface area contributed by atoms with Crippen LogP contribution in [0.2, 0.25) is 0 Å². The van der Waals surface area contributed by atoms with Crippen LogP contribution in [0, 0.1) is 12.8 Å². The summed E-state index contributed by atoms with van der Waals surface area (Å²) in [5, 5.41) is 0. The first-order valence-electron chi connectivity index (χ1n) is 16.5. The molecular formula is C41H58Br2O4. The summed E-state index contributed by atoms with van der Waals surface area (Å²) < 4.78 is 23.8. The summed E-state index contributed by atoms with van der Waals surface area (Å²) in [6, 6.07) is 7.94. The van der Waals surface area contributed by atoms with Crippen LogP contribution >= 0.6 is 31.9 Å². The molecule has 47 heavy (non-hydrogen) atoms. The highest BCUT2D eigenvalue weighted by Crippen LogP contribution is 2.34. The Morgan fingerprint density at radius 1 is 0.787 bits per heavy atom. The minimum Gasteiger partial charge on any atom is -0.496 e. The van der Waals surface area contributed by atoms with Crippen molar-refractivity contribution in [3.63, 3.8) is 0 Å². The molecular weight excluding hydrogens is 716 g/mol. The van der Waals surface area contributed by atoms with Crippen molar-refractivity contribution in [2.24, 2.45) is 5.92 Å². The third-order valence-corrected chi connectivity index (χ3v) is 8.89. The molecule has 0 aliphatic heterocycles. The maximum Gasteiger partial charge on any atom is 0.133 e. The van der Waals surface area contributed by atoms with Gasteiger partial charge in [-0.2, -0.15) is 0 Å². The van der Waals surface area contributed by atoms with Gasteiger partial charge in [-0.05, 0) is 81.4 Å². The highest BCUT2D eigenvalue weighted by atomic mass is 79.9. The van der Waals surface area contributed by atoms with Crippen molar-refractivity contribution in [2.75, 3.05) is 35.0 Å². The molecule has 0 aromatic heterocycles. The zero-order valence-electron chi connectivity index (χ0n) is 30.5. The van der Waals surface area contributed by atoms with Gasteiger partial charge in [0.2, 0.25) is 0 Å². The molecule has 0 atom stereocenters. The number of unbranched alkanes of at least 4 members (excludes halogenated alkanes) is 1. The lowest BCUT2D eigenvalue weighted by Gasteiger charge is -2.11. The second kappa shape index (κ2) is 26.2. The molecule has 0 radical (unpaired) electrons. The average molecular weight is 775 g/mol. The van der Waals surface area contributed by atoms with Crippen LogP contribution in [0.5, 0.6) is 17.2 Å². The van der Waals surface area contributed by atoms with Crippen LogP contribution in [0.4, 0.5) is 0 Å². The molecule has 0 N–H and O–H groups in total. The fraction of sp³-hybridized carbons (Fsp3) is 0.415. The zero-order chi connectivity index (χ0) is 35.8. The van der Waals surface area contributed by atoms with E-state index < -0.39 is 0 Å². The van der Waals surface area contributed by atoms with Crippen LogP contribution in [0.3, 0.4) is 0 Å². The van der Waals surface area contributed by atoms with E-state index in [1.807, 2.05) is 56.4 Å². The maximum absolute atomic E-state index is 5.71. The number of hydrogen-bond donors (Lipinski definition) is 0. The molecule has 2 rings (SSSR count). The van der Waals surface area contributed by atoms with Crippen molar-refractivity contribution < 1.29 is 18.9 Å². The van der Waals surface area contributed by atoms with Crippen molar-refractivity contribution in [3.8, 4) is 17.2 Å². The Bertz CT molecular complexity index is 1350. The lowest BCUT2D eigenvalue weighted by atomic mass is 9.97. The fourth-order valence-electron chi connectivity index (χ4n) is 4.64. The van der Waals surface area contributed by atoms with Crippen LogP contribution in [0.25, 0.3) is 18.2 Å². The highest BCUT2D eigenvalue weighted by Gasteiger charge is 2.09. The van der Waals surface area contributed by atoms with Gasteiger partial charge in [0.25, 0.3) is 0 Å². The molecule has 0 unspecified atom stereocenters. The van der Waals surface area contributed by atoms with Gasteiger partial charge in [-0.15, -0.1) is 0 Å². The summed E-state index contributed by atoms with van der Waals surface area (Å²) in [6.07, 6.45) is 20.6. The predicted molar refractivity (Wildman–Crippen MR) is 214 cm³/mol. The molecule has 2 aromatic carbocycles. The molecule has 0 fully saturated rings. The van der Waals surface area contributed by atoms with Gasteiger partial charge in [-0.3, -0.25) is 0 Å². The average Bonchev–Trinajstić information content (AvgIpc) is 3.10. The number of allylic oxidation sites excluding steroid dienone is 5. The van der Waals surface area contributed by atoms with Gasteiger partial charge >= 0.3 is 0 Å².